The Balaban J connectivity index is 2.20. The first-order chi connectivity index (χ1) is 8.39. The maximum atomic E-state index is 5.90. The van der Waals surface area contributed by atoms with Crippen LogP contribution < -0.4 is 0 Å². The van der Waals surface area contributed by atoms with Gasteiger partial charge in [0.15, 0.2) is 0 Å². The van der Waals surface area contributed by atoms with Gasteiger partial charge in [-0.25, -0.2) is 0 Å². The van der Waals surface area contributed by atoms with Crippen molar-refractivity contribution >= 4 is 7.12 Å². The van der Waals surface area contributed by atoms with Gasteiger partial charge in [-0.15, -0.1) is 0 Å². The normalized spacial score (nSPS) is 21.9. The van der Waals surface area contributed by atoms with Gasteiger partial charge in [-0.3, -0.25) is 0 Å². The van der Waals surface area contributed by atoms with Crippen molar-refractivity contribution < 1.29 is 9.31 Å². The third kappa shape index (κ3) is 4.44. The molecule has 104 valence electrons. The summed E-state index contributed by atoms with van der Waals surface area (Å²) in [6.07, 6.45) is 9.98. The van der Waals surface area contributed by atoms with E-state index in [2.05, 4.69) is 46.7 Å². The van der Waals surface area contributed by atoms with Crippen LogP contribution in [0.2, 0.25) is 0 Å². The summed E-state index contributed by atoms with van der Waals surface area (Å²) in [4.78, 5) is 0. The molecule has 0 atom stereocenters. The van der Waals surface area contributed by atoms with Crippen LogP contribution in [-0.4, -0.2) is 18.3 Å². The summed E-state index contributed by atoms with van der Waals surface area (Å²) in [6.45, 7) is 10.6. The highest BCUT2D eigenvalue weighted by Crippen LogP contribution is 2.36. The van der Waals surface area contributed by atoms with Crippen LogP contribution in [0.15, 0.2) is 12.1 Å². The highest BCUT2D eigenvalue weighted by Gasteiger charge is 2.49. The molecule has 0 bridgehead atoms. The first-order valence-electron chi connectivity index (χ1n) is 7.41. The first-order valence-corrected chi connectivity index (χ1v) is 7.41. The topological polar surface area (TPSA) is 18.5 Å². The Hall–Kier alpha value is -0.275. The maximum absolute atomic E-state index is 5.90. The van der Waals surface area contributed by atoms with Crippen molar-refractivity contribution in [3.8, 4) is 0 Å². The number of hydrogen-bond donors (Lipinski definition) is 0. The van der Waals surface area contributed by atoms with E-state index in [1.165, 1.54) is 32.1 Å². The van der Waals surface area contributed by atoms with Crippen LogP contribution in [0.3, 0.4) is 0 Å². The van der Waals surface area contributed by atoms with Gasteiger partial charge in [0, 0.05) is 0 Å². The van der Waals surface area contributed by atoms with E-state index >= 15 is 0 Å². The Kier molecular flexibility index (Phi) is 5.93. The van der Waals surface area contributed by atoms with Gasteiger partial charge in [-0.1, -0.05) is 44.7 Å². The van der Waals surface area contributed by atoms with Crippen LogP contribution in [0.5, 0.6) is 0 Å². The minimum absolute atomic E-state index is 0.175. The first kappa shape index (κ1) is 15.8. The molecule has 0 aromatic carbocycles. The Bertz CT molecular complexity index is 256. The third-order valence-electron chi connectivity index (χ3n) is 4.04. The zero-order chi connectivity index (χ0) is 13.6. The summed E-state index contributed by atoms with van der Waals surface area (Å²) in [6, 6.07) is 0. The lowest BCUT2D eigenvalue weighted by Crippen LogP contribution is -2.41. The van der Waals surface area contributed by atoms with Crippen molar-refractivity contribution in [3.05, 3.63) is 12.1 Å². The van der Waals surface area contributed by atoms with E-state index in [0.29, 0.717) is 0 Å². The van der Waals surface area contributed by atoms with Crippen LogP contribution in [0.4, 0.5) is 0 Å². The van der Waals surface area contributed by atoms with Crippen LogP contribution in [0, 0.1) is 0 Å². The molecular formula is C15H29BO2. The van der Waals surface area contributed by atoms with E-state index in [9.17, 15) is 0 Å². The quantitative estimate of drug-likeness (QED) is 0.489. The molecule has 0 unspecified atom stereocenters. The molecule has 1 fully saturated rings. The second-order valence-corrected chi connectivity index (χ2v) is 6.26. The minimum atomic E-state index is -0.219. The summed E-state index contributed by atoms with van der Waals surface area (Å²) in [5, 5.41) is 0. The molecule has 0 aliphatic carbocycles. The fraction of sp³-hybridized carbons (Fsp3) is 0.867. The van der Waals surface area contributed by atoms with E-state index in [1.807, 2.05) is 0 Å². The molecule has 1 aliphatic heterocycles. The molecule has 0 amide bonds. The second kappa shape index (κ2) is 6.77. The van der Waals surface area contributed by atoms with E-state index in [4.69, 9.17) is 9.31 Å². The predicted molar refractivity (Wildman–Crippen MR) is 78.6 cm³/mol. The molecule has 3 heteroatoms. The summed E-state index contributed by atoms with van der Waals surface area (Å²) in [5.41, 5.74) is -0.438. The van der Waals surface area contributed by atoms with Crippen LogP contribution in [0.25, 0.3) is 0 Å². The summed E-state index contributed by atoms with van der Waals surface area (Å²) in [7, 11) is -0.175. The summed E-state index contributed by atoms with van der Waals surface area (Å²) >= 11 is 0. The van der Waals surface area contributed by atoms with E-state index < -0.39 is 0 Å². The Morgan fingerprint density at radius 1 is 0.889 bits per heavy atom. The van der Waals surface area contributed by atoms with Gasteiger partial charge < -0.3 is 9.31 Å². The molecule has 0 aromatic rings. The number of rotatable bonds is 7. The van der Waals surface area contributed by atoms with Gasteiger partial charge in [0.2, 0.25) is 0 Å². The molecule has 1 saturated heterocycles. The monoisotopic (exact) mass is 252 g/mol. The van der Waals surface area contributed by atoms with Crippen LogP contribution in [0.1, 0.15) is 73.1 Å². The molecule has 0 saturated carbocycles. The second-order valence-electron chi connectivity index (χ2n) is 6.26. The zero-order valence-electron chi connectivity index (χ0n) is 12.8. The molecule has 0 N–H and O–H groups in total. The lowest BCUT2D eigenvalue weighted by molar-refractivity contribution is 0.00578. The minimum Gasteiger partial charge on any atom is -0.400 e. The predicted octanol–water partition coefficient (Wildman–Crippen LogP) is 4.53. The van der Waals surface area contributed by atoms with E-state index in [0.717, 1.165) is 6.42 Å². The average molecular weight is 252 g/mol. The molecule has 18 heavy (non-hydrogen) atoms. The van der Waals surface area contributed by atoms with Crippen molar-refractivity contribution in [1.29, 1.82) is 0 Å². The molecule has 0 aromatic heterocycles. The third-order valence-corrected chi connectivity index (χ3v) is 4.04. The molecule has 1 heterocycles. The number of hydrogen-bond acceptors (Lipinski definition) is 2. The Labute approximate surface area is 113 Å². The van der Waals surface area contributed by atoms with Crippen LogP contribution >= 0.6 is 0 Å². The van der Waals surface area contributed by atoms with Crippen LogP contribution in [-0.2, 0) is 9.31 Å². The zero-order valence-corrected chi connectivity index (χ0v) is 12.8. The van der Waals surface area contributed by atoms with Crippen molar-refractivity contribution in [2.75, 3.05) is 0 Å². The molecule has 1 rings (SSSR count). The lowest BCUT2D eigenvalue weighted by atomic mass is 9.89. The van der Waals surface area contributed by atoms with Gasteiger partial charge in [-0.2, -0.15) is 0 Å². The standard InChI is InChI=1S/C15H29BO2/c1-6-7-8-9-10-11-12-13-16-17-14(2,3)15(4,5)18-16/h12-13H,6-11H2,1-5H3. The van der Waals surface area contributed by atoms with Crippen molar-refractivity contribution in [1.82, 2.24) is 0 Å². The van der Waals surface area contributed by atoms with Gasteiger partial charge in [0.1, 0.15) is 0 Å². The molecule has 0 radical (unpaired) electrons. The molecule has 0 spiro atoms. The molecular weight excluding hydrogens is 223 g/mol. The van der Waals surface area contributed by atoms with Crippen molar-refractivity contribution in [3.63, 3.8) is 0 Å². The van der Waals surface area contributed by atoms with Gasteiger partial charge in [-0.05, 0) is 40.5 Å². The highest BCUT2D eigenvalue weighted by molar-refractivity contribution is 6.51. The van der Waals surface area contributed by atoms with E-state index in [1.54, 1.807) is 0 Å². The van der Waals surface area contributed by atoms with Gasteiger partial charge in [0.25, 0.3) is 0 Å². The fourth-order valence-electron chi connectivity index (χ4n) is 2.04. The largest absolute Gasteiger partial charge is 0.486 e. The fourth-order valence-corrected chi connectivity index (χ4v) is 2.04. The Morgan fingerprint density at radius 2 is 1.44 bits per heavy atom. The van der Waals surface area contributed by atoms with Gasteiger partial charge >= 0.3 is 7.12 Å². The average Bonchev–Trinajstić information content (AvgIpc) is 2.46. The smallest absolute Gasteiger partial charge is 0.400 e. The highest BCUT2D eigenvalue weighted by atomic mass is 16.7. The SMILES string of the molecule is CCCCCCCC=CB1OC(C)(C)C(C)(C)O1. The summed E-state index contributed by atoms with van der Waals surface area (Å²) < 4.78 is 11.8. The van der Waals surface area contributed by atoms with Gasteiger partial charge in [0.05, 0.1) is 11.2 Å². The number of allylic oxidation sites excluding steroid dienone is 1. The number of unbranched alkanes of at least 4 members (excludes halogenated alkanes) is 5. The van der Waals surface area contributed by atoms with Crippen molar-refractivity contribution in [2.45, 2.75) is 84.3 Å². The molecule has 2 nitrogen and oxygen atoms in total. The lowest BCUT2D eigenvalue weighted by Gasteiger charge is -2.32. The van der Waals surface area contributed by atoms with E-state index in [-0.39, 0.29) is 18.3 Å². The summed E-state index contributed by atoms with van der Waals surface area (Å²) in [5.74, 6) is 2.07. The maximum Gasteiger partial charge on any atom is 0.486 e. The van der Waals surface area contributed by atoms with Crippen molar-refractivity contribution in [2.24, 2.45) is 0 Å². The molecule has 1 aliphatic rings. The Morgan fingerprint density at radius 3 is 2.00 bits per heavy atom.